The van der Waals surface area contributed by atoms with Gasteiger partial charge in [-0.3, -0.25) is 14.6 Å². The van der Waals surface area contributed by atoms with Crippen LogP contribution in [0, 0.1) is 18.3 Å². The number of hydrogen-bond acceptors (Lipinski definition) is 5. The molecule has 1 fully saturated rings. The number of aryl methyl sites for hydroxylation is 1. The first-order valence-corrected chi connectivity index (χ1v) is 10.6. The van der Waals surface area contributed by atoms with Crippen LogP contribution in [0.1, 0.15) is 53.7 Å². The van der Waals surface area contributed by atoms with E-state index in [1.807, 2.05) is 37.3 Å². The Bertz CT molecular complexity index is 988. The van der Waals surface area contributed by atoms with E-state index in [0.29, 0.717) is 25.0 Å². The van der Waals surface area contributed by atoms with Crippen molar-refractivity contribution in [3.8, 4) is 17.2 Å². The van der Waals surface area contributed by atoms with E-state index >= 15 is 0 Å². The van der Waals surface area contributed by atoms with E-state index in [2.05, 4.69) is 21.7 Å². The first-order valence-electron chi connectivity index (χ1n) is 10.6. The van der Waals surface area contributed by atoms with Crippen LogP contribution < -0.4 is 16.4 Å². The fourth-order valence-electron chi connectivity index (χ4n) is 4.00. The highest BCUT2D eigenvalue weighted by Crippen LogP contribution is 2.26. The molecule has 0 bridgehead atoms. The molecule has 31 heavy (non-hydrogen) atoms. The molecule has 1 aliphatic carbocycles. The number of carbonyl (C=O) groups excluding carboxylic acids is 2. The molecule has 162 valence electrons. The molecule has 1 aliphatic rings. The van der Waals surface area contributed by atoms with Gasteiger partial charge in [0, 0.05) is 25.2 Å². The minimum Gasteiger partial charge on any atom is -0.354 e. The molecule has 7 nitrogen and oxygen atoms in total. The largest absolute Gasteiger partial charge is 0.354 e. The Kier molecular flexibility index (Phi) is 7.03. The van der Waals surface area contributed by atoms with E-state index in [-0.39, 0.29) is 11.8 Å². The fraction of sp³-hybridized carbons (Fsp3) is 0.417. The van der Waals surface area contributed by atoms with Gasteiger partial charge in [-0.05, 0) is 42.5 Å². The Balaban J connectivity index is 1.67. The molecule has 3 rings (SSSR count). The number of hydrogen-bond donors (Lipinski definition) is 3. The fourth-order valence-corrected chi connectivity index (χ4v) is 4.00. The van der Waals surface area contributed by atoms with Crippen LogP contribution in [0.4, 0.5) is 0 Å². The molecule has 0 aliphatic heterocycles. The lowest BCUT2D eigenvalue weighted by atomic mass is 9.81. The zero-order chi connectivity index (χ0) is 22.4. The average Bonchev–Trinajstić information content (AvgIpc) is 2.79. The smallest absolute Gasteiger partial charge is 0.269 e. The number of aromatic nitrogens is 1. The molecule has 1 aromatic carbocycles. The van der Waals surface area contributed by atoms with Gasteiger partial charge in [-0.15, -0.1) is 0 Å². The SMILES string of the molecule is CNC(=O)c1ncc(-c2ccc(C[C@@H](C#N)NC(=O)C3(N)CCCCC3)cc2)cc1C. The van der Waals surface area contributed by atoms with Crippen LogP contribution in [0.5, 0.6) is 0 Å². The van der Waals surface area contributed by atoms with Gasteiger partial charge >= 0.3 is 0 Å². The summed E-state index contributed by atoms with van der Waals surface area (Å²) in [4.78, 5) is 28.7. The number of benzene rings is 1. The normalized spacial score (nSPS) is 16.1. The van der Waals surface area contributed by atoms with Crippen LogP contribution in [0.25, 0.3) is 11.1 Å². The van der Waals surface area contributed by atoms with Crippen LogP contribution in [0.2, 0.25) is 0 Å². The predicted octanol–water partition coefficient (Wildman–Crippen LogP) is 2.63. The molecule has 4 N–H and O–H groups in total. The summed E-state index contributed by atoms with van der Waals surface area (Å²) in [7, 11) is 1.58. The third kappa shape index (κ3) is 5.28. The molecule has 0 saturated heterocycles. The van der Waals surface area contributed by atoms with Crippen molar-refractivity contribution in [2.45, 2.75) is 57.0 Å². The minimum absolute atomic E-state index is 0.212. The van der Waals surface area contributed by atoms with Gasteiger partial charge in [-0.25, -0.2) is 0 Å². The molecule has 7 heteroatoms. The second-order valence-electron chi connectivity index (χ2n) is 8.24. The Morgan fingerprint density at radius 2 is 1.87 bits per heavy atom. The Labute approximate surface area is 183 Å². The maximum atomic E-state index is 12.6. The highest BCUT2D eigenvalue weighted by molar-refractivity contribution is 5.93. The maximum Gasteiger partial charge on any atom is 0.269 e. The van der Waals surface area contributed by atoms with Crippen molar-refractivity contribution in [1.82, 2.24) is 15.6 Å². The maximum absolute atomic E-state index is 12.6. The summed E-state index contributed by atoms with van der Waals surface area (Å²) >= 11 is 0. The molecule has 1 heterocycles. The zero-order valence-corrected chi connectivity index (χ0v) is 18.1. The van der Waals surface area contributed by atoms with E-state index in [9.17, 15) is 14.9 Å². The van der Waals surface area contributed by atoms with Gasteiger partial charge in [0.1, 0.15) is 11.7 Å². The van der Waals surface area contributed by atoms with Crippen molar-refractivity contribution >= 4 is 11.8 Å². The van der Waals surface area contributed by atoms with Crippen molar-refractivity contribution in [2.24, 2.45) is 5.73 Å². The van der Waals surface area contributed by atoms with Gasteiger partial charge in [0.25, 0.3) is 5.91 Å². The van der Waals surface area contributed by atoms with Crippen LogP contribution in [0.15, 0.2) is 36.5 Å². The summed E-state index contributed by atoms with van der Waals surface area (Å²) in [5.74, 6) is -0.440. The third-order valence-corrected chi connectivity index (χ3v) is 5.91. The molecule has 1 aromatic heterocycles. The highest BCUT2D eigenvalue weighted by Gasteiger charge is 2.36. The number of rotatable bonds is 6. The van der Waals surface area contributed by atoms with Crippen molar-refractivity contribution in [3.63, 3.8) is 0 Å². The van der Waals surface area contributed by atoms with E-state index in [1.165, 1.54) is 0 Å². The van der Waals surface area contributed by atoms with E-state index in [4.69, 9.17) is 5.73 Å². The standard InChI is InChI=1S/C24H29N5O2/c1-16-12-19(15-28-21(16)22(30)27-2)18-8-6-17(7-9-18)13-20(14-25)29-23(31)24(26)10-4-3-5-11-24/h6-9,12,15,20H,3-5,10-11,13,26H2,1-2H3,(H,27,30)(H,29,31)/t20-/m0/s1. The number of nitrogens with zero attached hydrogens (tertiary/aromatic N) is 2. The minimum atomic E-state index is -0.858. The lowest BCUT2D eigenvalue weighted by Crippen LogP contribution is -2.57. The molecule has 0 unspecified atom stereocenters. The van der Waals surface area contributed by atoms with Crippen molar-refractivity contribution in [2.75, 3.05) is 7.05 Å². The Hall–Kier alpha value is -3.24. The number of nitriles is 1. The van der Waals surface area contributed by atoms with Crippen molar-refractivity contribution in [1.29, 1.82) is 5.26 Å². The summed E-state index contributed by atoms with van der Waals surface area (Å²) in [6, 6.07) is 11.3. The zero-order valence-electron chi connectivity index (χ0n) is 18.1. The summed E-state index contributed by atoms with van der Waals surface area (Å²) in [5.41, 5.74) is 9.44. The second-order valence-corrected chi connectivity index (χ2v) is 8.24. The highest BCUT2D eigenvalue weighted by atomic mass is 16.2. The van der Waals surface area contributed by atoms with Crippen LogP contribution in [-0.2, 0) is 11.2 Å². The van der Waals surface area contributed by atoms with Gasteiger partial charge in [0.05, 0.1) is 11.6 Å². The lowest BCUT2D eigenvalue weighted by Gasteiger charge is -2.32. The summed E-state index contributed by atoms with van der Waals surface area (Å²) in [6.07, 6.45) is 6.41. The molecule has 0 radical (unpaired) electrons. The Morgan fingerprint density at radius 3 is 2.45 bits per heavy atom. The summed E-state index contributed by atoms with van der Waals surface area (Å²) in [5, 5.41) is 14.9. The second kappa shape index (κ2) is 9.71. The van der Waals surface area contributed by atoms with Crippen LogP contribution >= 0.6 is 0 Å². The quantitative estimate of drug-likeness (QED) is 0.665. The number of amides is 2. The summed E-state index contributed by atoms with van der Waals surface area (Å²) < 4.78 is 0. The van der Waals surface area contributed by atoms with Crippen molar-refractivity contribution < 1.29 is 9.59 Å². The molecular weight excluding hydrogens is 390 g/mol. The number of nitrogens with one attached hydrogen (secondary N) is 2. The van der Waals surface area contributed by atoms with Gasteiger partial charge in [-0.2, -0.15) is 5.26 Å². The predicted molar refractivity (Wildman–Crippen MR) is 119 cm³/mol. The number of carbonyl (C=O) groups is 2. The Morgan fingerprint density at radius 1 is 1.19 bits per heavy atom. The van der Waals surface area contributed by atoms with Crippen molar-refractivity contribution in [3.05, 3.63) is 53.3 Å². The van der Waals surface area contributed by atoms with E-state index in [0.717, 1.165) is 41.5 Å². The van der Waals surface area contributed by atoms with Gasteiger partial charge in [0.15, 0.2) is 0 Å². The van der Waals surface area contributed by atoms with E-state index in [1.54, 1.807) is 13.2 Å². The summed E-state index contributed by atoms with van der Waals surface area (Å²) in [6.45, 7) is 1.85. The molecular formula is C24H29N5O2. The van der Waals surface area contributed by atoms with Gasteiger partial charge < -0.3 is 16.4 Å². The molecule has 1 atom stereocenters. The first-order chi connectivity index (χ1) is 14.9. The van der Waals surface area contributed by atoms with Gasteiger partial charge in [-0.1, -0.05) is 43.5 Å². The topological polar surface area (TPSA) is 121 Å². The first kappa shape index (κ1) is 22.4. The van der Waals surface area contributed by atoms with Gasteiger partial charge in [0.2, 0.25) is 5.91 Å². The monoisotopic (exact) mass is 419 g/mol. The average molecular weight is 420 g/mol. The molecule has 2 amide bonds. The van der Waals surface area contributed by atoms with E-state index < -0.39 is 11.6 Å². The molecule has 2 aromatic rings. The number of nitrogens with two attached hydrogens (primary N) is 1. The molecule has 1 saturated carbocycles. The van der Waals surface area contributed by atoms with Crippen LogP contribution in [-0.4, -0.2) is 35.4 Å². The van der Waals surface area contributed by atoms with Crippen LogP contribution in [0.3, 0.4) is 0 Å². The molecule has 0 spiro atoms. The third-order valence-electron chi connectivity index (χ3n) is 5.91. The number of pyridine rings is 1. The lowest BCUT2D eigenvalue weighted by molar-refractivity contribution is -0.127.